The number of carbonyl (C=O) groups is 2. The van der Waals surface area contributed by atoms with Gasteiger partial charge in [-0.25, -0.2) is 12.8 Å². The molecule has 0 saturated heterocycles. The van der Waals surface area contributed by atoms with E-state index in [1.54, 1.807) is 13.0 Å². The first kappa shape index (κ1) is 25.8. The van der Waals surface area contributed by atoms with Crippen LogP contribution in [0.1, 0.15) is 29.3 Å². The van der Waals surface area contributed by atoms with E-state index >= 15 is 0 Å². The standard InChI is InChI=1S/C27H24FN3O5S2/c1-2-36-25(32)17-30-23-14-11-20(28)16-24(23)37-27(30)29-26(33)19-9-12-21(13-10-19)38(34,35)31-15-5-7-18-6-3-4-8-22(18)31/h3-4,6,8-14,16H,2,5,7,15,17H2,1H3. The van der Waals surface area contributed by atoms with Crippen LogP contribution in [0.5, 0.6) is 0 Å². The molecule has 0 fully saturated rings. The topological polar surface area (TPSA) is 98.0 Å². The van der Waals surface area contributed by atoms with E-state index in [2.05, 4.69) is 4.99 Å². The van der Waals surface area contributed by atoms with Crippen molar-refractivity contribution in [2.24, 2.45) is 4.99 Å². The van der Waals surface area contributed by atoms with Crippen molar-refractivity contribution in [3.8, 4) is 0 Å². The normalized spacial score (nSPS) is 13.9. The predicted octanol–water partition coefficient (Wildman–Crippen LogP) is 4.29. The van der Waals surface area contributed by atoms with Gasteiger partial charge in [-0.3, -0.25) is 13.9 Å². The molecule has 0 radical (unpaired) electrons. The lowest BCUT2D eigenvalue weighted by Crippen LogP contribution is -2.35. The highest BCUT2D eigenvalue weighted by atomic mass is 32.2. The van der Waals surface area contributed by atoms with Crippen molar-refractivity contribution < 1.29 is 27.1 Å². The van der Waals surface area contributed by atoms with Crippen LogP contribution in [0.2, 0.25) is 0 Å². The summed E-state index contributed by atoms with van der Waals surface area (Å²) >= 11 is 1.07. The van der Waals surface area contributed by atoms with Crippen molar-refractivity contribution in [2.45, 2.75) is 31.2 Å². The Bertz CT molecular complexity index is 1710. The second-order valence-corrected chi connectivity index (χ2v) is 11.5. The molecule has 0 spiro atoms. The number of thiazole rings is 1. The van der Waals surface area contributed by atoms with Crippen LogP contribution in [-0.4, -0.2) is 38.0 Å². The molecule has 1 aromatic heterocycles. The minimum Gasteiger partial charge on any atom is -0.465 e. The molecule has 1 amide bonds. The molecule has 196 valence electrons. The number of anilines is 1. The highest BCUT2D eigenvalue weighted by Crippen LogP contribution is 2.31. The lowest BCUT2D eigenvalue weighted by molar-refractivity contribution is -0.143. The number of aryl methyl sites for hydroxylation is 1. The Labute approximate surface area is 222 Å². The molecule has 0 aliphatic carbocycles. The van der Waals surface area contributed by atoms with E-state index in [0.29, 0.717) is 22.4 Å². The van der Waals surface area contributed by atoms with Crippen LogP contribution in [-0.2, 0) is 32.5 Å². The van der Waals surface area contributed by atoms with Crippen molar-refractivity contribution in [1.82, 2.24) is 4.57 Å². The summed E-state index contributed by atoms with van der Waals surface area (Å²) < 4.78 is 49.0. The monoisotopic (exact) mass is 553 g/mol. The average molecular weight is 554 g/mol. The first-order valence-corrected chi connectivity index (χ1v) is 14.3. The van der Waals surface area contributed by atoms with E-state index in [1.807, 2.05) is 18.2 Å². The number of fused-ring (bicyclic) bond motifs is 2. The van der Waals surface area contributed by atoms with Gasteiger partial charge in [-0.1, -0.05) is 29.5 Å². The van der Waals surface area contributed by atoms with Gasteiger partial charge >= 0.3 is 5.97 Å². The van der Waals surface area contributed by atoms with Crippen molar-refractivity contribution in [3.63, 3.8) is 0 Å². The first-order chi connectivity index (χ1) is 18.3. The molecule has 0 N–H and O–H groups in total. The van der Waals surface area contributed by atoms with Gasteiger partial charge in [0.1, 0.15) is 12.4 Å². The highest BCUT2D eigenvalue weighted by molar-refractivity contribution is 7.92. The molecule has 0 atom stereocenters. The summed E-state index contributed by atoms with van der Waals surface area (Å²) in [4.78, 5) is 29.6. The van der Waals surface area contributed by atoms with Gasteiger partial charge in [-0.15, -0.1) is 0 Å². The zero-order chi connectivity index (χ0) is 26.9. The maximum Gasteiger partial charge on any atom is 0.326 e. The number of sulfonamides is 1. The third kappa shape index (κ3) is 4.99. The van der Waals surface area contributed by atoms with Gasteiger partial charge in [0.05, 0.1) is 27.4 Å². The van der Waals surface area contributed by atoms with E-state index in [0.717, 1.165) is 29.7 Å². The highest BCUT2D eigenvalue weighted by Gasteiger charge is 2.29. The fourth-order valence-electron chi connectivity index (χ4n) is 4.42. The second kappa shape index (κ2) is 10.5. The minimum atomic E-state index is -3.82. The average Bonchev–Trinajstić information content (AvgIpc) is 3.23. The number of aromatic nitrogens is 1. The van der Waals surface area contributed by atoms with Crippen LogP contribution in [0.25, 0.3) is 10.2 Å². The van der Waals surface area contributed by atoms with Gasteiger partial charge < -0.3 is 9.30 Å². The zero-order valence-corrected chi connectivity index (χ0v) is 22.1. The van der Waals surface area contributed by atoms with Gasteiger partial charge in [0.2, 0.25) is 0 Å². The molecule has 0 bridgehead atoms. The van der Waals surface area contributed by atoms with Crippen LogP contribution in [0, 0.1) is 5.82 Å². The van der Waals surface area contributed by atoms with Gasteiger partial charge in [-0.2, -0.15) is 4.99 Å². The lowest BCUT2D eigenvalue weighted by atomic mass is 10.0. The first-order valence-electron chi connectivity index (χ1n) is 12.0. The quantitative estimate of drug-likeness (QED) is 0.332. The summed E-state index contributed by atoms with van der Waals surface area (Å²) in [7, 11) is -3.82. The minimum absolute atomic E-state index is 0.0699. The molecule has 3 aromatic carbocycles. The largest absolute Gasteiger partial charge is 0.465 e. The van der Waals surface area contributed by atoms with Crippen molar-refractivity contribution in [1.29, 1.82) is 0 Å². The van der Waals surface area contributed by atoms with Gasteiger partial charge in [0.15, 0.2) is 4.80 Å². The smallest absolute Gasteiger partial charge is 0.326 e. The van der Waals surface area contributed by atoms with E-state index in [1.165, 1.54) is 51.3 Å². The van der Waals surface area contributed by atoms with Crippen LogP contribution in [0.4, 0.5) is 10.1 Å². The van der Waals surface area contributed by atoms with Gasteiger partial charge in [0, 0.05) is 12.1 Å². The zero-order valence-electron chi connectivity index (χ0n) is 20.5. The molecule has 2 heterocycles. The number of halogens is 1. The number of benzene rings is 3. The van der Waals surface area contributed by atoms with E-state index in [9.17, 15) is 22.4 Å². The van der Waals surface area contributed by atoms with E-state index in [4.69, 9.17) is 4.74 Å². The molecular formula is C27H24FN3O5S2. The second-order valence-electron chi connectivity index (χ2n) is 8.64. The Morgan fingerprint density at radius 2 is 1.84 bits per heavy atom. The molecule has 8 nitrogen and oxygen atoms in total. The molecule has 0 unspecified atom stereocenters. The number of nitrogens with zero attached hydrogens (tertiary/aromatic N) is 3. The predicted molar refractivity (Wildman–Crippen MR) is 142 cm³/mol. The number of para-hydroxylation sites is 1. The fraction of sp³-hybridized carbons (Fsp3) is 0.222. The summed E-state index contributed by atoms with van der Waals surface area (Å²) in [5.41, 5.74) is 2.36. The third-order valence-corrected chi connectivity index (χ3v) is 9.06. The van der Waals surface area contributed by atoms with Crippen molar-refractivity contribution >= 4 is 49.1 Å². The number of ether oxygens (including phenoxy) is 1. The molecule has 38 heavy (non-hydrogen) atoms. The maximum atomic E-state index is 13.8. The van der Waals surface area contributed by atoms with Crippen LogP contribution >= 0.6 is 11.3 Å². The molecule has 11 heteroatoms. The molecule has 1 aliphatic rings. The number of hydrogen-bond donors (Lipinski definition) is 0. The molecule has 1 aliphatic heterocycles. The van der Waals surface area contributed by atoms with Crippen LogP contribution < -0.4 is 9.11 Å². The molecule has 0 saturated carbocycles. The molecule has 4 aromatic rings. The Morgan fingerprint density at radius 1 is 1.08 bits per heavy atom. The Morgan fingerprint density at radius 3 is 2.61 bits per heavy atom. The Kier molecular flexibility index (Phi) is 7.13. The number of carbonyl (C=O) groups excluding carboxylic acids is 2. The number of rotatable bonds is 6. The van der Waals surface area contributed by atoms with Crippen LogP contribution in [0.15, 0.2) is 76.6 Å². The molecule has 5 rings (SSSR count). The van der Waals surface area contributed by atoms with Crippen LogP contribution in [0.3, 0.4) is 0 Å². The van der Waals surface area contributed by atoms with E-state index in [-0.39, 0.29) is 28.4 Å². The number of esters is 1. The Hall–Kier alpha value is -3.83. The summed E-state index contributed by atoms with van der Waals surface area (Å²) in [6, 6.07) is 17.1. The number of hydrogen-bond acceptors (Lipinski definition) is 6. The van der Waals surface area contributed by atoms with Crippen molar-refractivity contribution in [2.75, 3.05) is 17.5 Å². The maximum absolute atomic E-state index is 13.8. The SMILES string of the molecule is CCOC(=O)Cn1c(=NC(=O)c2ccc(S(=O)(=O)N3CCCc4ccccc43)cc2)sc2cc(F)ccc21. The van der Waals surface area contributed by atoms with Crippen molar-refractivity contribution in [3.05, 3.63) is 88.5 Å². The lowest BCUT2D eigenvalue weighted by Gasteiger charge is -2.30. The fourth-order valence-corrected chi connectivity index (χ4v) is 7.01. The van der Waals surface area contributed by atoms with Gasteiger partial charge in [0.25, 0.3) is 15.9 Å². The summed E-state index contributed by atoms with van der Waals surface area (Å²) in [6.07, 6.45) is 1.54. The van der Waals surface area contributed by atoms with Gasteiger partial charge in [-0.05, 0) is 73.9 Å². The van der Waals surface area contributed by atoms with E-state index < -0.39 is 27.7 Å². The summed E-state index contributed by atoms with van der Waals surface area (Å²) in [5.74, 6) is -1.59. The Balaban J connectivity index is 1.46. The number of amides is 1. The molecular weight excluding hydrogens is 529 g/mol. The third-order valence-electron chi connectivity index (χ3n) is 6.19. The summed E-state index contributed by atoms with van der Waals surface area (Å²) in [5, 5.41) is 0. The summed E-state index contributed by atoms with van der Waals surface area (Å²) in [6.45, 7) is 2.06.